The van der Waals surface area contributed by atoms with E-state index in [1.165, 1.54) is 30.4 Å². The SMILES string of the molecule is c1ccc(-c2nnn(CC3CCCc4ccccc43)n2)cc1. The van der Waals surface area contributed by atoms with Crippen molar-refractivity contribution in [2.24, 2.45) is 0 Å². The van der Waals surface area contributed by atoms with Crippen LogP contribution in [0.1, 0.15) is 29.9 Å². The highest BCUT2D eigenvalue weighted by atomic mass is 15.6. The molecule has 0 spiro atoms. The monoisotopic (exact) mass is 290 g/mol. The fourth-order valence-electron chi connectivity index (χ4n) is 3.26. The second-order valence-electron chi connectivity index (χ2n) is 5.82. The molecule has 0 radical (unpaired) electrons. The van der Waals surface area contributed by atoms with Crippen LogP contribution in [-0.2, 0) is 13.0 Å². The molecule has 0 fully saturated rings. The minimum Gasteiger partial charge on any atom is -0.163 e. The fraction of sp³-hybridized carbons (Fsp3) is 0.278. The summed E-state index contributed by atoms with van der Waals surface area (Å²) in [5.41, 5.74) is 3.94. The summed E-state index contributed by atoms with van der Waals surface area (Å²) in [7, 11) is 0. The molecule has 1 unspecified atom stereocenters. The third kappa shape index (κ3) is 2.52. The van der Waals surface area contributed by atoms with Crippen LogP contribution in [0.3, 0.4) is 0 Å². The van der Waals surface area contributed by atoms with Crippen LogP contribution in [0.25, 0.3) is 11.4 Å². The first kappa shape index (κ1) is 13.2. The Morgan fingerprint density at radius 2 is 1.82 bits per heavy atom. The van der Waals surface area contributed by atoms with Crippen LogP contribution in [-0.4, -0.2) is 20.2 Å². The van der Waals surface area contributed by atoms with Crippen LogP contribution in [0.15, 0.2) is 54.6 Å². The third-order valence-electron chi connectivity index (χ3n) is 4.36. The van der Waals surface area contributed by atoms with Crippen molar-refractivity contribution < 1.29 is 0 Å². The van der Waals surface area contributed by atoms with Crippen molar-refractivity contribution in [2.75, 3.05) is 0 Å². The summed E-state index contributed by atoms with van der Waals surface area (Å²) in [6, 6.07) is 18.7. The van der Waals surface area contributed by atoms with Crippen molar-refractivity contribution >= 4 is 0 Å². The molecule has 1 atom stereocenters. The molecule has 2 aromatic carbocycles. The predicted molar refractivity (Wildman–Crippen MR) is 85.4 cm³/mol. The van der Waals surface area contributed by atoms with Crippen molar-refractivity contribution in [3.05, 3.63) is 65.7 Å². The molecule has 22 heavy (non-hydrogen) atoms. The van der Waals surface area contributed by atoms with Crippen molar-refractivity contribution in [2.45, 2.75) is 31.7 Å². The lowest BCUT2D eigenvalue weighted by atomic mass is 9.83. The van der Waals surface area contributed by atoms with E-state index in [0.717, 1.165) is 12.1 Å². The van der Waals surface area contributed by atoms with E-state index in [-0.39, 0.29) is 0 Å². The van der Waals surface area contributed by atoms with Gasteiger partial charge in [-0.05, 0) is 35.6 Å². The quantitative estimate of drug-likeness (QED) is 0.742. The van der Waals surface area contributed by atoms with E-state index in [0.29, 0.717) is 11.7 Å². The van der Waals surface area contributed by atoms with Gasteiger partial charge in [-0.15, -0.1) is 10.2 Å². The Bertz CT molecular complexity index is 764. The highest BCUT2D eigenvalue weighted by Crippen LogP contribution is 2.32. The largest absolute Gasteiger partial charge is 0.204 e. The summed E-state index contributed by atoms with van der Waals surface area (Å²) in [5, 5.41) is 13.0. The van der Waals surface area contributed by atoms with E-state index in [4.69, 9.17) is 0 Å². The molecule has 3 aromatic rings. The van der Waals surface area contributed by atoms with Crippen LogP contribution in [0.4, 0.5) is 0 Å². The summed E-state index contributed by atoms with van der Waals surface area (Å²) < 4.78 is 0. The molecule has 0 saturated carbocycles. The number of tetrazole rings is 1. The van der Waals surface area contributed by atoms with Gasteiger partial charge in [0.15, 0.2) is 0 Å². The van der Waals surface area contributed by atoms with Crippen molar-refractivity contribution in [1.82, 2.24) is 20.2 Å². The highest BCUT2D eigenvalue weighted by molar-refractivity contribution is 5.52. The van der Waals surface area contributed by atoms with E-state index in [9.17, 15) is 0 Å². The zero-order chi connectivity index (χ0) is 14.8. The van der Waals surface area contributed by atoms with Gasteiger partial charge in [0.2, 0.25) is 5.82 Å². The first-order chi connectivity index (χ1) is 10.9. The molecular weight excluding hydrogens is 272 g/mol. The lowest BCUT2D eigenvalue weighted by Gasteiger charge is -2.24. The van der Waals surface area contributed by atoms with E-state index in [2.05, 4.69) is 39.7 Å². The Hall–Kier alpha value is -2.49. The molecule has 0 N–H and O–H groups in total. The van der Waals surface area contributed by atoms with Gasteiger partial charge in [0.05, 0.1) is 6.54 Å². The Balaban J connectivity index is 1.57. The number of rotatable bonds is 3. The first-order valence-electron chi connectivity index (χ1n) is 7.81. The highest BCUT2D eigenvalue weighted by Gasteiger charge is 2.21. The maximum atomic E-state index is 4.54. The zero-order valence-electron chi connectivity index (χ0n) is 12.4. The first-order valence-corrected chi connectivity index (χ1v) is 7.81. The number of aromatic nitrogens is 4. The Labute approximate surface area is 129 Å². The molecule has 0 bridgehead atoms. The Morgan fingerprint density at radius 1 is 1.00 bits per heavy atom. The van der Waals surface area contributed by atoms with Gasteiger partial charge in [-0.3, -0.25) is 0 Å². The van der Waals surface area contributed by atoms with E-state index >= 15 is 0 Å². The number of hydrogen-bond donors (Lipinski definition) is 0. The van der Waals surface area contributed by atoms with Gasteiger partial charge in [0.1, 0.15) is 0 Å². The topological polar surface area (TPSA) is 43.6 Å². The van der Waals surface area contributed by atoms with Gasteiger partial charge in [0.25, 0.3) is 0 Å². The van der Waals surface area contributed by atoms with Gasteiger partial charge in [-0.25, -0.2) is 0 Å². The molecule has 4 rings (SSSR count). The molecular formula is C18H18N4. The van der Waals surface area contributed by atoms with Gasteiger partial charge < -0.3 is 0 Å². The van der Waals surface area contributed by atoms with E-state index in [1.807, 2.05) is 30.3 Å². The van der Waals surface area contributed by atoms with Crippen LogP contribution in [0.5, 0.6) is 0 Å². The summed E-state index contributed by atoms with van der Waals surface area (Å²) in [6.45, 7) is 0.802. The minimum absolute atomic E-state index is 0.489. The molecule has 1 heterocycles. The molecule has 1 aliphatic rings. The maximum absolute atomic E-state index is 4.54. The fourth-order valence-corrected chi connectivity index (χ4v) is 3.26. The number of benzene rings is 2. The number of nitrogens with zero attached hydrogens (tertiary/aromatic N) is 4. The number of fused-ring (bicyclic) bond motifs is 1. The summed E-state index contributed by atoms with van der Waals surface area (Å²) >= 11 is 0. The summed E-state index contributed by atoms with van der Waals surface area (Å²) in [5.74, 6) is 1.19. The average molecular weight is 290 g/mol. The molecule has 1 aromatic heterocycles. The molecule has 4 nitrogen and oxygen atoms in total. The smallest absolute Gasteiger partial charge is 0.163 e. The molecule has 0 amide bonds. The average Bonchev–Trinajstić information content (AvgIpc) is 3.05. The van der Waals surface area contributed by atoms with Crippen LogP contribution in [0.2, 0.25) is 0 Å². The summed E-state index contributed by atoms with van der Waals surface area (Å²) in [6.07, 6.45) is 3.62. The lowest BCUT2D eigenvalue weighted by Crippen LogP contribution is -2.17. The number of aryl methyl sites for hydroxylation is 1. The number of hydrogen-bond acceptors (Lipinski definition) is 3. The van der Waals surface area contributed by atoms with Crippen molar-refractivity contribution in [3.8, 4) is 11.4 Å². The second kappa shape index (κ2) is 5.72. The standard InChI is InChI=1S/C18H18N4/c1-2-8-15(9-3-1)18-19-21-22(20-18)13-16-11-6-10-14-7-4-5-12-17(14)16/h1-5,7-9,12,16H,6,10-11,13H2. The summed E-state index contributed by atoms with van der Waals surface area (Å²) in [4.78, 5) is 1.75. The molecule has 110 valence electrons. The van der Waals surface area contributed by atoms with Gasteiger partial charge >= 0.3 is 0 Å². The van der Waals surface area contributed by atoms with Crippen LogP contribution < -0.4 is 0 Å². The molecule has 1 aliphatic carbocycles. The van der Waals surface area contributed by atoms with Crippen molar-refractivity contribution in [3.63, 3.8) is 0 Å². The normalized spacial score (nSPS) is 17.2. The van der Waals surface area contributed by atoms with Crippen LogP contribution in [0, 0.1) is 0 Å². The predicted octanol–water partition coefficient (Wildman–Crippen LogP) is 3.46. The minimum atomic E-state index is 0.489. The van der Waals surface area contributed by atoms with E-state index < -0.39 is 0 Å². The van der Waals surface area contributed by atoms with Crippen molar-refractivity contribution in [1.29, 1.82) is 0 Å². The zero-order valence-corrected chi connectivity index (χ0v) is 12.4. The molecule has 4 heteroatoms. The van der Waals surface area contributed by atoms with Gasteiger partial charge in [0, 0.05) is 11.5 Å². The van der Waals surface area contributed by atoms with E-state index in [1.54, 1.807) is 4.80 Å². The molecule has 0 saturated heterocycles. The molecule has 0 aliphatic heterocycles. The third-order valence-corrected chi connectivity index (χ3v) is 4.36. The lowest BCUT2D eigenvalue weighted by molar-refractivity contribution is 0.417. The van der Waals surface area contributed by atoms with Crippen LogP contribution >= 0.6 is 0 Å². The van der Waals surface area contributed by atoms with Gasteiger partial charge in [-0.2, -0.15) is 4.80 Å². The second-order valence-corrected chi connectivity index (χ2v) is 5.82. The van der Waals surface area contributed by atoms with Gasteiger partial charge in [-0.1, -0.05) is 54.6 Å². The Morgan fingerprint density at radius 3 is 2.73 bits per heavy atom. The Kier molecular flexibility index (Phi) is 3.43. The maximum Gasteiger partial charge on any atom is 0.204 e.